The lowest BCUT2D eigenvalue weighted by molar-refractivity contribution is 0.0457. The van der Waals surface area contributed by atoms with Gasteiger partial charge in [0.1, 0.15) is 24.0 Å². The van der Waals surface area contributed by atoms with E-state index in [1.54, 1.807) is 52.0 Å². The van der Waals surface area contributed by atoms with Crippen LogP contribution in [0, 0.1) is 11.3 Å². The maximum absolute atomic E-state index is 12.2. The van der Waals surface area contributed by atoms with Gasteiger partial charge in [0.15, 0.2) is 0 Å². The van der Waals surface area contributed by atoms with Gasteiger partial charge >= 0.3 is 12.3 Å². The van der Waals surface area contributed by atoms with E-state index in [2.05, 4.69) is 5.32 Å². The first-order valence-electron chi connectivity index (χ1n) is 9.27. The molecule has 0 saturated heterocycles. The highest BCUT2D eigenvalue weighted by Gasteiger charge is 2.35. The summed E-state index contributed by atoms with van der Waals surface area (Å²) in [6, 6.07) is 8.75. The van der Waals surface area contributed by atoms with Crippen LogP contribution < -0.4 is 5.32 Å². The number of allylic oxidation sites excluding steroid dienone is 2. The molecule has 1 atom stereocenters. The SMILES string of the molecule is CC1=C(OC(=O)OCCC#N)C(c2cccc(Cl)c2)C(OC(=O)OC(C)C)=C(C)N1. The fourth-order valence-electron chi connectivity index (χ4n) is 2.82. The molecule has 1 aliphatic rings. The number of nitrogens with one attached hydrogen (secondary N) is 1. The van der Waals surface area contributed by atoms with Crippen LogP contribution in [0.3, 0.4) is 0 Å². The molecule has 1 N–H and O–H groups in total. The number of ether oxygens (including phenoxy) is 4. The molecule has 0 aliphatic carbocycles. The summed E-state index contributed by atoms with van der Waals surface area (Å²) in [5, 5.41) is 12.1. The molecule has 0 aromatic heterocycles. The summed E-state index contributed by atoms with van der Waals surface area (Å²) in [5.41, 5.74) is 1.71. The van der Waals surface area contributed by atoms with Crippen molar-refractivity contribution in [1.29, 1.82) is 5.26 Å². The van der Waals surface area contributed by atoms with Gasteiger partial charge in [-0.25, -0.2) is 9.59 Å². The van der Waals surface area contributed by atoms with Crippen molar-refractivity contribution in [3.63, 3.8) is 0 Å². The third-order valence-electron chi connectivity index (χ3n) is 3.97. The van der Waals surface area contributed by atoms with Crippen LogP contribution in [-0.2, 0) is 18.9 Å². The summed E-state index contributed by atoms with van der Waals surface area (Å²) >= 11 is 6.15. The minimum absolute atomic E-state index is 0.0392. The van der Waals surface area contributed by atoms with E-state index in [0.29, 0.717) is 22.0 Å². The minimum Gasteiger partial charge on any atom is -0.433 e. The molecule has 1 unspecified atom stereocenters. The number of nitrogens with zero attached hydrogens (tertiary/aromatic N) is 1. The highest BCUT2D eigenvalue weighted by Crippen LogP contribution is 2.40. The summed E-state index contributed by atoms with van der Waals surface area (Å²) in [5.74, 6) is -0.376. The van der Waals surface area contributed by atoms with Crippen molar-refractivity contribution in [1.82, 2.24) is 5.32 Å². The Bertz CT molecular complexity index is 916. The van der Waals surface area contributed by atoms with E-state index in [9.17, 15) is 9.59 Å². The number of carbonyl (C=O) groups excluding carboxylic acids is 2. The average molecular weight is 435 g/mol. The van der Waals surface area contributed by atoms with Gasteiger partial charge in [-0.3, -0.25) is 0 Å². The van der Waals surface area contributed by atoms with Gasteiger partial charge < -0.3 is 24.3 Å². The van der Waals surface area contributed by atoms with Crippen molar-refractivity contribution in [2.24, 2.45) is 0 Å². The van der Waals surface area contributed by atoms with Crippen molar-refractivity contribution in [3.05, 3.63) is 57.8 Å². The first kappa shape index (κ1) is 23.1. The fraction of sp³-hybridized carbons (Fsp3) is 0.381. The number of carbonyl (C=O) groups is 2. The zero-order valence-electron chi connectivity index (χ0n) is 17.2. The smallest absolute Gasteiger partial charge is 0.433 e. The van der Waals surface area contributed by atoms with Crippen LogP contribution in [0.15, 0.2) is 47.2 Å². The number of hydrogen-bond acceptors (Lipinski definition) is 8. The van der Waals surface area contributed by atoms with Crippen LogP contribution in [0.25, 0.3) is 0 Å². The second kappa shape index (κ2) is 10.6. The van der Waals surface area contributed by atoms with E-state index in [1.807, 2.05) is 6.07 Å². The lowest BCUT2D eigenvalue weighted by atomic mass is 9.90. The van der Waals surface area contributed by atoms with Crippen molar-refractivity contribution in [3.8, 4) is 6.07 Å². The third-order valence-corrected chi connectivity index (χ3v) is 4.21. The molecular weight excluding hydrogens is 412 g/mol. The van der Waals surface area contributed by atoms with Gasteiger partial charge in [-0.05, 0) is 45.4 Å². The van der Waals surface area contributed by atoms with Gasteiger partial charge in [0.25, 0.3) is 0 Å². The summed E-state index contributed by atoms with van der Waals surface area (Å²) < 4.78 is 20.9. The third kappa shape index (κ3) is 6.16. The molecule has 1 heterocycles. The molecule has 0 spiro atoms. The van der Waals surface area contributed by atoms with Gasteiger partial charge in [-0.15, -0.1) is 0 Å². The molecule has 0 saturated carbocycles. The topological polar surface area (TPSA) is 107 Å². The maximum Gasteiger partial charge on any atom is 0.513 e. The number of benzene rings is 1. The van der Waals surface area contributed by atoms with Gasteiger partial charge in [0.2, 0.25) is 0 Å². The predicted molar refractivity (Wildman–Crippen MR) is 108 cm³/mol. The van der Waals surface area contributed by atoms with E-state index in [4.69, 9.17) is 35.8 Å². The van der Waals surface area contributed by atoms with Gasteiger partial charge in [0, 0.05) is 5.02 Å². The highest BCUT2D eigenvalue weighted by molar-refractivity contribution is 6.30. The van der Waals surface area contributed by atoms with Crippen molar-refractivity contribution >= 4 is 23.9 Å². The molecule has 1 aromatic carbocycles. The first-order valence-corrected chi connectivity index (χ1v) is 9.64. The highest BCUT2D eigenvalue weighted by atomic mass is 35.5. The zero-order valence-corrected chi connectivity index (χ0v) is 17.9. The number of hydrogen-bond donors (Lipinski definition) is 1. The predicted octanol–water partition coefficient (Wildman–Crippen LogP) is 5.12. The van der Waals surface area contributed by atoms with E-state index < -0.39 is 18.2 Å². The number of halogens is 1. The van der Waals surface area contributed by atoms with Crippen LogP contribution >= 0.6 is 11.6 Å². The molecule has 9 heteroatoms. The number of nitriles is 1. The Morgan fingerprint density at radius 3 is 2.37 bits per heavy atom. The van der Waals surface area contributed by atoms with E-state index in [0.717, 1.165) is 0 Å². The molecule has 2 rings (SSSR count). The van der Waals surface area contributed by atoms with Crippen LogP contribution in [0.4, 0.5) is 9.59 Å². The molecule has 30 heavy (non-hydrogen) atoms. The molecule has 0 fully saturated rings. The number of dihydropyridines is 1. The molecule has 1 aliphatic heterocycles. The first-order chi connectivity index (χ1) is 14.2. The molecule has 0 bridgehead atoms. The fourth-order valence-corrected chi connectivity index (χ4v) is 3.02. The Morgan fingerprint density at radius 2 is 1.80 bits per heavy atom. The van der Waals surface area contributed by atoms with E-state index >= 15 is 0 Å². The van der Waals surface area contributed by atoms with Crippen LogP contribution in [0.5, 0.6) is 0 Å². The Morgan fingerprint density at radius 1 is 1.17 bits per heavy atom. The number of rotatable bonds is 6. The van der Waals surface area contributed by atoms with Gasteiger partial charge in [-0.2, -0.15) is 5.26 Å². The average Bonchev–Trinajstić information content (AvgIpc) is 2.65. The normalized spacial score (nSPS) is 16.0. The van der Waals surface area contributed by atoms with Gasteiger partial charge in [0.05, 0.1) is 30.0 Å². The Labute approximate surface area is 180 Å². The van der Waals surface area contributed by atoms with Gasteiger partial charge in [-0.1, -0.05) is 23.7 Å². The second-order valence-electron chi connectivity index (χ2n) is 6.72. The van der Waals surface area contributed by atoms with Crippen molar-refractivity contribution < 1.29 is 28.5 Å². The minimum atomic E-state index is -0.975. The Balaban J connectivity index is 2.41. The lowest BCUT2D eigenvalue weighted by Gasteiger charge is -2.30. The lowest BCUT2D eigenvalue weighted by Crippen LogP contribution is -2.29. The quantitative estimate of drug-likeness (QED) is 0.485. The molecule has 0 radical (unpaired) electrons. The van der Waals surface area contributed by atoms with E-state index in [-0.39, 0.29) is 30.6 Å². The largest absolute Gasteiger partial charge is 0.513 e. The monoisotopic (exact) mass is 434 g/mol. The van der Waals surface area contributed by atoms with Crippen LogP contribution in [0.2, 0.25) is 5.02 Å². The molecule has 1 aromatic rings. The molecular formula is C21H23ClN2O6. The van der Waals surface area contributed by atoms with Crippen molar-refractivity contribution in [2.75, 3.05) is 6.61 Å². The molecule has 160 valence electrons. The van der Waals surface area contributed by atoms with Crippen molar-refractivity contribution in [2.45, 2.75) is 46.1 Å². The summed E-state index contributed by atoms with van der Waals surface area (Å²) in [6.07, 6.45) is -2.19. The summed E-state index contributed by atoms with van der Waals surface area (Å²) in [7, 11) is 0. The zero-order chi connectivity index (χ0) is 22.3. The maximum atomic E-state index is 12.2. The Kier molecular flexibility index (Phi) is 8.13. The summed E-state index contributed by atoms with van der Waals surface area (Å²) in [4.78, 5) is 24.3. The standard InChI is InChI=1S/C21H23ClN2O6/c1-12(2)28-21(26)30-19-14(4)24-13(3)18(29-20(25)27-10-6-9-23)17(19)15-7-5-8-16(22)11-15/h5,7-8,11-12,17,24H,6,10H2,1-4H3. The Hall–Kier alpha value is -3.18. The molecule has 8 nitrogen and oxygen atoms in total. The van der Waals surface area contributed by atoms with Crippen LogP contribution in [0.1, 0.15) is 45.6 Å². The molecule has 0 amide bonds. The second-order valence-corrected chi connectivity index (χ2v) is 7.16. The van der Waals surface area contributed by atoms with E-state index in [1.165, 1.54) is 0 Å². The summed E-state index contributed by atoms with van der Waals surface area (Å²) in [6.45, 7) is 6.73. The van der Waals surface area contributed by atoms with Crippen LogP contribution in [-0.4, -0.2) is 25.0 Å².